The summed E-state index contributed by atoms with van der Waals surface area (Å²) >= 11 is 6.95. The van der Waals surface area contributed by atoms with Gasteiger partial charge in [0.2, 0.25) is 0 Å². The second kappa shape index (κ2) is 5.98. The van der Waals surface area contributed by atoms with Gasteiger partial charge in [-0.25, -0.2) is 0 Å². The van der Waals surface area contributed by atoms with Gasteiger partial charge in [0.05, 0.1) is 12.1 Å². The van der Waals surface area contributed by atoms with Crippen LogP contribution >= 0.6 is 31.9 Å². The van der Waals surface area contributed by atoms with Gasteiger partial charge in [-0.3, -0.25) is 0 Å². The highest BCUT2D eigenvalue weighted by atomic mass is 79.9. The molecule has 0 fully saturated rings. The lowest BCUT2D eigenvalue weighted by molar-refractivity contribution is 0.125. The Hall–Kier alpha value is -0.680. The van der Waals surface area contributed by atoms with Gasteiger partial charge in [0, 0.05) is 8.95 Å². The Labute approximate surface area is 135 Å². The summed E-state index contributed by atoms with van der Waals surface area (Å²) in [5.74, 6) is 0. The van der Waals surface area contributed by atoms with Gasteiger partial charge in [0.1, 0.15) is 0 Å². The van der Waals surface area contributed by atoms with Crippen LogP contribution in [0.25, 0.3) is 0 Å². The van der Waals surface area contributed by atoms with Crippen molar-refractivity contribution in [3.05, 3.63) is 68.1 Å². The topological polar surface area (TPSA) is 32.3 Å². The number of hydrogen-bond acceptors (Lipinski definition) is 2. The molecule has 0 amide bonds. The van der Waals surface area contributed by atoms with Crippen molar-refractivity contribution in [2.45, 2.75) is 18.6 Å². The van der Waals surface area contributed by atoms with Gasteiger partial charge in [-0.2, -0.15) is 0 Å². The molecule has 2 N–H and O–H groups in total. The first-order valence-corrected chi connectivity index (χ1v) is 8.19. The van der Waals surface area contributed by atoms with Crippen LogP contribution in [-0.4, -0.2) is 11.7 Å². The molecule has 2 aromatic rings. The third kappa shape index (κ3) is 2.70. The predicted octanol–water partition coefficient (Wildman–Crippen LogP) is 4.13. The molecule has 0 bridgehead atoms. The van der Waals surface area contributed by atoms with Crippen LogP contribution in [0, 0.1) is 0 Å². The van der Waals surface area contributed by atoms with Gasteiger partial charge < -0.3 is 10.4 Å². The van der Waals surface area contributed by atoms with E-state index in [1.807, 2.05) is 24.3 Å². The minimum atomic E-state index is -0.555. The van der Waals surface area contributed by atoms with Crippen LogP contribution < -0.4 is 5.32 Å². The molecule has 0 radical (unpaired) electrons. The summed E-state index contributed by atoms with van der Waals surface area (Å²) in [5, 5.41) is 14.1. The van der Waals surface area contributed by atoms with Crippen LogP contribution in [0.5, 0.6) is 0 Å². The fourth-order valence-electron chi connectivity index (χ4n) is 2.71. The molecule has 0 saturated carbocycles. The Kier molecular flexibility index (Phi) is 4.26. The van der Waals surface area contributed by atoms with Crippen molar-refractivity contribution in [3.63, 3.8) is 0 Å². The van der Waals surface area contributed by atoms with Crippen molar-refractivity contribution in [1.29, 1.82) is 0 Å². The van der Waals surface area contributed by atoms with Crippen molar-refractivity contribution >= 4 is 31.9 Å². The lowest BCUT2D eigenvalue weighted by Gasteiger charge is -2.31. The van der Waals surface area contributed by atoms with E-state index in [9.17, 15) is 5.11 Å². The molecule has 20 heavy (non-hydrogen) atoms. The van der Waals surface area contributed by atoms with E-state index in [1.54, 1.807) is 0 Å². The van der Waals surface area contributed by atoms with E-state index in [0.29, 0.717) is 0 Å². The number of halogens is 2. The average molecular weight is 397 g/mol. The maximum absolute atomic E-state index is 10.7. The average Bonchev–Trinajstić information content (AvgIpc) is 2.49. The molecular formula is C16H15Br2NO. The molecule has 0 aromatic heterocycles. The summed E-state index contributed by atoms with van der Waals surface area (Å²) in [6, 6.07) is 14.2. The van der Waals surface area contributed by atoms with E-state index in [4.69, 9.17) is 0 Å². The lowest BCUT2D eigenvalue weighted by Crippen LogP contribution is -2.33. The smallest absolute Gasteiger partial charge is 0.0985 e. The normalized spacial score (nSPS) is 19.4. The van der Waals surface area contributed by atoms with E-state index in [2.05, 4.69) is 55.4 Å². The van der Waals surface area contributed by atoms with E-state index in [1.165, 1.54) is 11.1 Å². The molecule has 3 rings (SSSR count). The standard InChI is InChI=1S/C16H15Br2NO/c17-13-6-5-11(9-14(13)18)16(20)15-12-4-2-1-3-10(12)7-8-19-15/h1-6,9,15-16,19-20H,7-8H2. The number of benzene rings is 2. The van der Waals surface area contributed by atoms with Crippen LogP contribution in [0.15, 0.2) is 51.4 Å². The second-order valence-electron chi connectivity index (χ2n) is 5.00. The Morgan fingerprint density at radius 1 is 1.10 bits per heavy atom. The van der Waals surface area contributed by atoms with Crippen LogP contribution in [0.3, 0.4) is 0 Å². The zero-order chi connectivity index (χ0) is 14.1. The lowest BCUT2D eigenvalue weighted by atomic mass is 9.88. The summed E-state index contributed by atoms with van der Waals surface area (Å²) in [4.78, 5) is 0. The van der Waals surface area contributed by atoms with Crippen LogP contribution in [0.2, 0.25) is 0 Å². The van der Waals surface area contributed by atoms with Gasteiger partial charge in [0.25, 0.3) is 0 Å². The summed E-state index contributed by atoms with van der Waals surface area (Å²) < 4.78 is 1.95. The number of nitrogens with one attached hydrogen (secondary N) is 1. The Balaban J connectivity index is 1.95. The molecule has 2 aromatic carbocycles. The van der Waals surface area contributed by atoms with Gasteiger partial charge in [-0.05, 0) is 73.6 Å². The molecule has 104 valence electrons. The molecule has 2 nitrogen and oxygen atoms in total. The first kappa shape index (κ1) is 14.3. The number of fused-ring (bicyclic) bond motifs is 1. The highest BCUT2D eigenvalue weighted by Gasteiger charge is 2.27. The summed E-state index contributed by atoms with van der Waals surface area (Å²) in [5.41, 5.74) is 3.44. The predicted molar refractivity (Wildman–Crippen MR) is 87.7 cm³/mol. The van der Waals surface area contributed by atoms with Crippen molar-refractivity contribution in [1.82, 2.24) is 5.32 Å². The summed E-state index contributed by atoms with van der Waals surface area (Å²) in [6.07, 6.45) is 0.463. The van der Waals surface area contributed by atoms with Gasteiger partial charge in [0.15, 0.2) is 0 Å². The third-order valence-corrected chi connectivity index (χ3v) is 5.63. The van der Waals surface area contributed by atoms with Crippen LogP contribution in [0.4, 0.5) is 0 Å². The van der Waals surface area contributed by atoms with Crippen molar-refractivity contribution in [3.8, 4) is 0 Å². The monoisotopic (exact) mass is 395 g/mol. The molecule has 0 aliphatic carbocycles. The zero-order valence-electron chi connectivity index (χ0n) is 10.8. The van der Waals surface area contributed by atoms with E-state index < -0.39 is 6.10 Å². The number of hydrogen-bond donors (Lipinski definition) is 2. The van der Waals surface area contributed by atoms with Gasteiger partial charge in [-0.15, -0.1) is 0 Å². The molecule has 2 unspecified atom stereocenters. The quantitative estimate of drug-likeness (QED) is 0.799. The largest absolute Gasteiger partial charge is 0.386 e. The van der Waals surface area contributed by atoms with Crippen LogP contribution in [-0.2, 0) is 6.42 Å². The molecule has 0 saturated heterocycles. The molecular weight excluding hydrogens is 382 g/mol. The number of aliphatic hydroxyl groups excluding tert-OH is 1. The molecule has 1 aliphatic rings. The Bertz CT molecular complexity index is 630. The fourth-order valence-corrected chi connectivity index (χ4v) is 3.35. The maximum Gasteiger partial charge on any atom is 0.0985 e. The first-order chi connectivity index (χ1) is 9.66. The maximum atomic E-state index is 10.7. The Morgan fingerprint density at radius 2 is 1.90 bits per heavy atom. The van der Waals surface area contributed by atoms with E-state index in [-0.39, 0.29) is 6.04 Å². The first-order valence-electron chi connectivity index (χ1n) is 6.61. The van der Waals surface area contributed by atoms with Crippen molar-refractivity contribution < 1.29 is 5.11 Å². The second-order valence-corrected chi connectivity index (χ2v) is 6.71. The SMILES string of the molecule is OC(c1ccc(Br)c(Br)c1)C1NCCc2ccccc21. The molecule has 4 heteroatoms. The summed E-state index contributed by atoms with van der Waals surface area (Å²) in [6.45, 7) is 0.899. The Morgan fingerprint density at radius 3 is 2.70 bits per heavy atom. The van der Waals surface area contributed by atoms with Crippen molar-refractivity contribution in [2.75, 3.05) is 6.54 Å². The van der Waals surface area contributed by atoms with Crippen molar-refractivity contribution in [2.24, 2.45) is 0 Å². The molecule has 1 aliphatic heterocycles. The minimum Gasteiger partial charge on any atom is -0.386 e. The fraction of sp³-hybridized carbons (Fsp3) is 0.250. The molecule has 2 atom stereocenters. The third-order valence-electron chi connectivity index (χ3n) is 3.75. The molecule has 1 heterocycles. The van der Waals surface area contributed by atoms with Gasteiger partial charge in [-0.1, -0.05) is 30.3 Å². The number of rotatable bonds is 2. The highest BCUT2D eigenvalue weighted by Crippen LogP contribution is 2.35. The van der Waals surface area contributed by atoms with E-state index in [0.717, 1.165) is 27.5 Å². The minimum absolute atomic E-state index is 0.0481. The van der Waals surface area contributed by atoms with E-state index >= 15 is 0 Å². The zero-order valence-corrected chi connectivity index (χ0v) is 14.0. The highest BCUT2D eigenvalue weighted by molar-refractivity contribution is 9.13. The molecule has 0 spiro atoms. The van der Waals surface area contributed by atoms with Gasteiger partial charge >= 0.3 is 0 Å². The number of aliphatic hydroxyl groups is 1. The summed E-state index contributed by atoms with van der Waals surface area (Å²) in [7, 11) is 0. The van der Waals surface area contributed by atoms with Crippen LogP contribution in [0.1, 0.15) is 28.8 Å².